The molecule has 0 saturated carbocycles. The molecule has 22 heavy (non-hydrogen) atoms. The fourth-order valence-corrected chi connectivity index (χ4v) is 2.49. The zero-order valence-corrected chi connectivity index (χ0v) is 12.7. The summed E-state index contributed by atoms with van der Waals surface area (Å²) in [6, 6.07) is 9.43. The van der Waals surface area contributed by atoms with Gasteiger partial charge in [0.25, 0.3) is 0 Å². The molecule has 0 fully saturated rings. The molecule has 118 valence electrons. The van der Waals surface area contributed by atoms with Crippen molar-refractivity contribution in [2.75, 3.05) is 0 Å². The van der Waals surface area contributed by atoms with Gasteiger partial charge in [-0.2, -0.15) is 13.2 Å². The van der Waals surface area contributed by atoms with Crippen molar-refractivity contribution in [3.05, 3.63) is 53.7 Å². The van der Waals surface area contributed by atoms with E-state index in [1.165, 1.54) is 6.07 Å². The zero-order valence-electron chi connectivity index (χ0n) is 12.7. The molecule has 0 unspecified atom stereocenters. The number of halogens is 3. The van der Waals surface area contributed by atoms with E-state index in [0.29, 0.717) is 6.42 Å². The van der Waals surface area contributed by atoms with Crippen LogP contribution in [-0.2, 0) is 12.6 Å². The van der Waals surface area contributed by atoms with E-state index in [1.807, 2.05) is 12.1 Å². The highest BCUT2D eigenvalue weighted by Crippen LogP contribution is 2.33. The molecule has 0 aliphatic heterocycles. The maximum atomic E-state index is 12.9. The highest BCUT2D eigenvalue weighted by atomic mass is 19.4. The van der Waals surface area contributed by atoms with E-state index in [2.05, 4.69) is 11.9 Å². The van der Waals surface area contributed by atoms with Crippen molar-refractivity contribution in [1.29, 1.82) is 0 Å². The molecule has 4 heteroatoms. The van der Waals surface area contributed by atoms with Crippen LogP contribution in [-0.4, -0.2) is 4.98 Å². The van der Waals surface area contributed by atoms with Gasteiger partial charge in [0.1, 0.15) is 0 Å². The smallest absolute Gasteiger partial charge is 0.256 e. The van der Waals surface area contributed by atoms with Crippen LogP contribution in [0.3, 0.4) is 0 Å². The molecule has 0 spiro atoms. The number of alkyl halides is 3. The Morgan fingerprint density at radius 2 is 1.82 bits per heavy atom. The number of unbranched alkanes of at least 4 members (excludes halogenated alkanes) is 3. The minimum absolute atomic E-state index is 0.585. The minimum Gasteiger partial charge on any atom is -0.256 e. The van der Waals surface area contributed by atoms with Crippen molar-refractivity contribution in [2.24, 2.45) is 0 Å². The Hall–Kier alpha value is -1.84. The van der Waals surface area contributed by atoms with Gasteiger partial charge in [0.2, 0.25) is 0 Å². The molecule has 0 amide bonds. The lowest BCUT2D eigenvalue weighted by Crippen LogP contribution is -2.06. The molecule has 2 rings (SSSR count). The second-order valence-corrected chi connectivity index (χ2v) is 5.40. The monoisotopic (exact) mass is 307 g/mol. The van der Waals surface area contributed by atoms with Gasteiger partial charge in [-0.1, -0.05) is 38.3 Å². The third kappa shape index (κ3) is 4.33. The van der Waals surface area contributed by atoms with Crippen LogP contribution < -0.4 is 0 Å². The highest BCUT2D eigenvalue weighted by molar-refractivity contribution is 5.64. The van der Waals surface area contributed by atoms with Gasteiger partial charge < -0.3 is 0 Å². The Balaban J connectivity index is 2.31. The largest absolute Gasteiger partial charge is 0.416 e. The molecule has 0 radical (unpaired) electrons. The van der Waals surface area contributed by atoms with Crippen molar-refractivity contribution in [3.63, 3.8) is 0 Å². The third-order valence-electron chi connectivity index (χ3n) is 3.67. The molecule has 1 aromatic carbocycles. The second-order valence-electron chi connectivity index (χ2n) is 5.40. The molecule has 1 nitrogen and oxygen atoms in total. The number of benzene rings is 1. The van der Waals surface area contributed by atoms with E-state index < -0.39 is 11.7 Å². The van der Waals surface area contributed by atoms with Crippen molar-refractivity contribution >= 4 is 0 Å². The Kier molecular flexibility index (Phi) is 5.58. The van der Waals surface area contributed by atoms with Crippen LogP contribution in [0.1, 0.15) is 43.7 Å². The van der Waals surface area contributed by atoms with Gasteiger partial charge in [0.15, 0.2) is 0 Å². The molecule has 0 aliphatic rings. The lowest BCUT2D eigenvalue weighted by Gasteiger charge is -2.13. The molecule has 0 N–H and O–H groups in total. The van der Waals surface area contributed by atoms with Crippen LogP contribution in [0.25, 0.3) is 11.3 Å². The first-order valence-corrected chi connectivity index (χ1v) is 7.64. The van der Waals surface area contributed by atoms with Crippen LogP contribution >= 0.6 is 0 Å². The second kappa shape index (κ2) is 7.43. The summed E-state index contributed by atoms with van der Waals surface area (Å²) in [6.45, 7) is 2.11. The predicted molar refractivity (Wildman–Crippen MR) is 82.5 cm³/mol. The quantitative estimate of drug-likeness (QED) is 0.606. The van der Waals surface area contributed by atoms with E-state index in [4.69, 9.17) is 0 Å². The highest BCUT2D eigenvalue weighted by Gasteiger charge is 2.31. The van der Waals surface area contributed by atoms with Crippen molar-refractivity contribution in [2.45, 2.75) is 45.2 Å². The first kappa shape index (κ1) is 16.5. The lowest BCUT2D eigenvalue weighted by molar-refractivity contribution is -0.137. The predicted octanol–water partition coefficient (Wildman–Crippen LogP) is 5.89. The molecular weight excluding hydrogens is 287 g/mol. The van der Waals surface area contributed by atoms with E-state index in [-0.39, 0.29) is 0 Å². The van der Waals surface area contributed by atoms with Gasteiger partial charge in [-0.25, -0.2) is 0 Å². The van der Waals surface area contributed by atoms with Crippen LogP contribution in [0.4, 0.5) is 13.2 Å². The number of pyridine rings is 1. The average molecular weight is 307 g/mol. The fourth-order valence-electron chi connectivity index (χ4n) is 2.49. The lowest BCUT2D eigenvalue weighted by atomic mass is 9.96. The Morgan fingerprint density at radius 3 is 2.45 bits per heavy atom. The summed E-state index contributed by atoms with van der Waals surface area (Å²) in [5.41, 5.74) is 1.66. The van der Waals surface area contributed by atoms with Crippen molar-refractivity contribution in [1.82, 2.24) is 4.98 Å². The number of hydrogen-bond acceptors (Lipinski definition) is 1. The van der Waals surface area contributed by atoms with Crippen LogP contribution in [0.15, 0.2) is 42.6 Å². The van der Waals surface area contributed by atoms with Gasteiger partial charge in [-0.15, -0.1) is 0 Å². The Morgan fingerprint density at radius 1 is 1.00 bits per heavy atom. The van der Waals surface area contributed by atoms with Gasteiger partial charge in [0.05, 0.1) is 11.3 Å². The van der Waals surface area contributed by atoms with Crippen molar-refractivity contribution < 1.29 is 13.2 Å². The topological polar surface area (TPSA) is 12.9 Å². The zero-order chi connectivity index (χ0) is 16.0. The average Bonchev–Trinajstić information content (AvgIpc) is 2.51. The number of rotatable bonds is 6. The summed E-state index contributed by atoms with van der Waals surface area (Å²) in [6.07, 6.45) is 2.15. The normalized spacial score (nSPS) is 11.6. The molecule has 0 bridgehead atoms. The molecule has 0 aliphatic carbocycles. The molecule has 0 saturated heterocycles. The van der Waals surface area contributed by atoms with Gasteiger partial charge >= 0.3 is 6.18 Å². The number of aromatic nitrogens is 1. The molecule has 0 atom stereocenters. The first-order valence-electron chi connectivity index (χ1n) is 7.64. The van der Waals surface area contributed by atoms with Crippen LogP contribution in [0.2, 0.25) is 0 Å². The number of nitrogens with zero attached hydrogens (tertiary/aromatic N) is 1. The summed E-state index contributed by atoms with van der Waals surface area (Å²) < 4.78 is 38.8. The molecular formula is C18H20F3N. The van der Waals surface area contributed by atoms with Gasteiger partial charge in [-0.3, -0.25) is 4.98 Å². The third-order valence-corrected chi connectivity index (χ3v) is 3.67. The van der Waals surface area contributed by atoms with E-state index in [0.717, 1.165) is 48.6 Å². The van der Waals surface area contributed by atoms with E-state index in [9.17, 15) is 13.2 Å². The van der Waals surface area contributed by atoms with Gasteiger partial charge in [0, 0.05) is 11.8 Å². The van der Waals surface area contributed by atoms with Crippen LogP contribution in [0.5, 0.6) is 0 Å². The Bertz CT molecular complexity index is 591. The van der Waals surface area contributed by atoms with E-state index in [1.54, 1.807) is 18.3 Å². The first-order chi connectivity index (χ1) is 10.5. The maximum absolute atomic E-state index is 12.9. The van der Waals surface area contributed by atoms with Crippen molar-refractivity contribution in [3.8, 4) is 11.3 Å². The van der Waals surface area contributed by atoms with Gasteiger partial charge in [-0.05, 0) is 42.7 Å². The standard InChI is InChI=1S/C18H20F3N/c1-2-3-4-5-8-14-13-15(18(19,20)21)10-11-16(14)17-9-6-7-12-22-17/h6-7,9-13H,2-5,8H2,1H3. The van der Waals surface area contributed by atoms with E-state index >= 15 is 0 Å². The summed E-state index contributed by atoms with van der Waals surface area (Å²) >= 11 is 0. The molecule has 2 aromatic rings. The summed E-state index contributed by atoms with van der Waals surface area (Å²) in [4.78, 5) is 4.26. The van der Waals surface area contributed by atoms with Crippen LogP contribution in [0, 0.1) is 0 Å². The summed E-state index contributed by atoms with van der Waals surface area (Å²) in [5, 5.41) is 0. The Labute approximate surface area is 129 Å². The maximum Gasteiger partial charge on any atom is 0.416 e. The fraction of sp³-hybridized carbons (Fsp3) is 0.389. The molecule has 1 heterocycles. The number of hydrogen-bond donors (Lipinski definition) is 0. The molecule has 1 aromatic heterocycles. The number of aryl methyl sites for hydroxylation is 1. The SMILES string of the molecule is CCCCCCc1cc(C(F)(F)F)ccc1-c1ccccn1. The summed E-state index contributed by atoms with van der Waals surface area (Å²) in [7, 11) is 0. The summed E-state index contributed by atoms with van der Waals surface area (Å²) in [5.74, 6) is 0. The minimum atomic E-state index is -4.30.